The van der Waals surface area contributed by atoms with E-state index in [0.717, 1.165) is 25.7 Å². The minimum absolute atomic E-state index is 0.0225. The van der Waals surface area contributed by atoms with Gasteiger partial charge in [0.1, 0.15) is 0 Å². The van der Waals surface area contributed by atoms with Crippen LogP contribution in [0.25, 0.3) is 0 Å². The number of sulfonamides is 1. The van der Waals surface area contributed by atoms with Gasteiger partial charge in [-0.25, -0.2) is 8.42 Å². The summed E-state index contributed by atoms with van der Waals surface area (Å²) in [5, 5.41) is 0. The van der Waals surface area contributed by atoms with Gasteiger partial charge in [-0.1, -0.05) is 6.42 Å². The molecule has 1 atom stereocenters. The molecule has 6 heteroatoms. The number of nitrogens with zero attached hydrogens (tertiary/aromatic N) is 1. The molecular weight excluding hydrogens is 264 g/mol. The number of nitrogens with two attached hydrogens (primary N) is 1. The molecule has 0 aromatic heterocycles. The first-order chi connectivity index (χ1) is 8.96. The van der Waals surface area contributed by atoms with Gasteiger partial charge in [-0.2, -0.15) is 4.31 Å². The van der Waals surface area contributed by atoms with Gasteiger partial charge in [0.15, 0.2) is 0 Å². The van der Waals surface area contributed by atoms with Gasteiger partial charge in [-0.3, -0.25) is 0 Å². The number of hydrogen-bond acceptors (Lipinski definition) is 4. The van der Waals surface area contributed by atoms with Gasteiger partial charge in [0.2, 0.25) is 10.0 Å². The lowest BCUT2D eigenvalue weighted by Crippen LogP contribution is -2.45. The third kappa shape index (κ3) is 1.95. The van der Waals surface area contributed by atoms with Crippen LogP contribution in [0.4, 0.5) is 0 Å². The first-order valence-electron chi connectivity index (χ1n) is 7.20. The Kier molecular flexibility index (Phi) is 3.20. The van der Waals surface area contributed by atoms with Crippen LogP contribution < -0.4 is 5.73 Å². The summed E-state index contributed by atoms with van der Waals surface area (Å²) in [7, 11) is -1.58. The Bertz CT molecular complexity index is 455. The molecule has 1 aliphatic heterocycles. The van der Waals surface area contributed by atoms with Crippen LogP contribution in [0.5, 0.6) is 0 Å². The van der Waals surface area contributed by atoms with Crippen molar-refractivity contribution in [2.24, 2.45) is 11.1 Å². The van der Waals surface area contributed by atoms with E-state index < -0.39 is 14.8 Å². The quantitative estimate of drug-likeness (QED) is 0.808. The van der Waals surface area contributed by atoms with Gasteiger partial charge in [-0.05, 0) is 32.1 Å². The fraction of sp³-hybridized carbons (Fsp3) is 1.00. The van der Waals surface area contributed by atoms with Crippen LogP contribution in [0.3, 0.4) is 0 Å². The highest BCUT2D eigenvalue weighted by molar-refractivity contribution is 7.90. The molecule has 2 aliphatic carbocycles. The van der Waals surface area contributed by atoms with Crippen molar-refractivity contribution in [3.05, 3.63) is 0 Å². The van der Waals surface area contributed by atoms with Gasteiger partial charge >= 0.3 is 0 Å². The topological polar surface area (TPSA) is 72.6 Å². The molecular formula is C13H24N2O3S. The Morgan fingerprint density at radius 3 is 2.42 bits per heavy atom. The van der Waals surface area contributed by atoms with E-state index in [2.05, 4.69) is 0 Å². The second-order valence-corrected chi connectivity index (χ2v) is 8.88. The maximum absolute atomic E-state index is 12.8. The maximum Gasteiger partial charge on any atom is 0.220 e. The summed E-state index contributed by atoms with van der Waals surface area (Å²) >= 11 is 0. The summed E-state index contributed by atoms with van der Waals surface area (Å²) in [5.74, 6) is 0. The largest absolute Gasteiger partial charge is 0.385 e. The zero-order valence-electron chi connectivity index (χ0n) is 11.6. The minimum atomic E-state index is -3.21. The minimum Gasteiger partial charge on any atom is -0.385 e. The van der Waals surface area contributed by atoms with E-state index in [4.69, 9.17) is 10.5 Å². The standard InChI is InChI=1S/C13H24N2O3S/c1-18-8-7-13(5-6-13)19(16,17)15-9-11(14)12(10-15)3-2-4-12/h11H,2-10,14H2,1H3. The maximum atomic E-state index is 12.8. The van der Waals surface area contributed by atoms with Gasteiger partial charge < -0.3 is 10.5 Å². The van der Waals surface area contributed by atoms with Crippen molar-refractivity contribution in [2.75, 3.05) is 26.8 Å². The molecule has 1 saturated heterocycles. The molecule has 1 unspecified atom stereocenters. The van der Waals surface area contributed by atoms with Crippen LogP contribution >= 0.6 is 0 Å². The first-order valence-corrected chi connectivity index (χ1v) is 8.64. The summed E-state index contributed by atoms with van der Waals surface area (Å²) in [6.07, 6.45) is 5.53. The SMILES string of the molecule is COCCC1(S(=O)(=O)N2CC(N)C3(CCC3)C2)CC1. The molecule has 5 nitrogen and oxygen atoms in total. The second-order valence-electron chi connectivity index (χ2n) is 6.55. The normalized spacial score (nSPS) is 32.4. The molecule has 3 rings (SSSR count). The molecule has 0 aromatic rings. The zero-order valence-corrected chi connectivity index (χ0v) is 12.4. The van der Waals surface area contributed by atoms with Crippen molar-refractivity contribution in [1.29, 1.82) is 0 Å². The molecule has 19 heavy (non-hydrogen) atoms. The molecule has 3 fully saturated rings. The molecule has 1 spiro atoms. The van der Waals surface area contributed by atoms with E-state index in [1.165, 1.54) is 6.42 Å². The van der Waals surface area contributed by atoms with E-state index in [-0.39, 0.29) is 11.5 Å². The van der Waals surface area contributed by atoms with E-state index in [1.54, 1.807) is 11.4 Å². The van der Waals surface area contributed by atoms with E-state index in [1.807, 2.05) is 0 Å². The average molecular weight is 288 g/mol. The van der Waals surface area contributed by atoms with E-state index in [9.17, 15) is 8.42 Å². The van der Waals surface area contributed by atoms with E-state index in [0.29, 0.717) is 26.1 Å². The molecule has 3 aliphatic rings. The number of ether oxygens (including phenoxy) is 1. The molecule has 1 heterocycles. The molecule has 110 valence electrons. The zero-order chi connectivity index (χ0) is 13.7. The summed E-state index contributed by atoms with van der Waals surface area (Å²) in [5.41, 5.74) is 6.28. The van der Waals surface area contributed by atoms with Crippen LogP contribution in [0.1, 0.15) is 38.5 Å². The number of rotatable bonds is 5. The predicted molar refractivity (Wildman–Crippen MR) is 73.2 cm³/mol. The van der Waals surface area contributed by atoms with Crippen molar-refractivity contribution in [2.45, 2.75) is 49.3 Å². The van der Waals surface area contributed by atoms with Crippen molar-refractivity contribution >= 4 is 10.0 Å². The lowest BCUT2D eigenvalue weighted by atomic mass is 9.66. The third-order valence-corrected chi connectivity index (χ3v) is 8.15. The predicted octanol–water partition coefficient (Wildman–Crippen LogP) is 0.699. The van der Waals surface area contributed by atoms with Crippen molar-refractivity contribution in [1.82, 2.24) is 4.31 Å². The summed E-state index contributed by atoms with van der Waals surface area (Å²) in [6.45, 7) is 1.67. The Balaban J connectivity index is 1.75. The van der Waals surface area contributed by atoms with Gasteiger partial charge in [0.05, 0.1) is 4.75 Å². The fourth-order valence-corrected chi connectivity index (χ4v) is 5.92. The van der Waals surface area contributed by atoms with Crippen LogP contribution in [-0.2, 0) is 14.8 Å². The average Bonchev–Trinajstić information content (AvgIpc) is 3.03. The first kappa shape index (κ1) is 13.8. The molecule has 2 N–H and O–H groups in total. The summed E-state index contributed by atoms with van der Waals surface area (Å²) in [6, 6.07) is 0.0225. The fourth-order valence-electron chi connectivity index (χ4n) is 3.63. The second kappa shape index (κ2) is 4.41. The Labute approximate surface area is 115 Å². The van der Waals surface area contributed by atoms with Crippen LogP contribution in [0.15, 0.2) is 0 Å². The highest BCUT2D eigenvalue weighted by atomic mass is 32.2. The van der Waals surface area contributed by atoms with Crippen LogP contribution in [0, 0.1) is 5.41 Å². The van der Waals surface area contributed by atoms with Crippen LogP contribution in [0.2, 0.25) is 0 Å². The molecule has 0 bridgehead atoms. The smallest absolute Gasteiger partial charge is 0.220 e. The molecule has 2 saturated carbocycles. The highest BCUT2D eigenvalue weighted by Crippen LogP contribution is 2.53. The number of methoxy groups -OCH3 is 1. The molecule has 0 amide bonds. The Hall–Kier alpha value is -0.170. The Morgan fingerprint density at radius 2 is 2.00 bits per heavy atom. The van der Waals surface area contributed by atoms with Gasteiger partial charge in [0.25, 0.3) is 0 Å². The third-order valence-electron chi connectivity index (χ3n) is 5.48. The lowest BCUT2D eigenvalue weighted by Gasteiger charge is -2.41. The highest BCUT2D eigenvalue weighted by Gasteiger charge is 2.60. The summed E-state index contributed by atoms with van der Waals surface area (Å²) < 4.78 is 31.8. The van der Waals surface area contributed by atoms with Gasteiger partial charge in [0, 0.05) is 38.3 Å². The molecule has 0 radical (unpaired) electrons. The Morgan fingerprint density at radius 1 is 1.32 bits per heavy atom. The monoisotopic (exact) mass is 288 g/mol. The summed E-state index contributed by atoms with van der Waals surface area (Å²) in [4.78, 5) is 0. The van der Waals surface area contributed by atoms with Crippen molar-refractivity contribution < 1.29 is 13.2 Å². The number of hydrogen-bond donors (Lipinski definition) is 1. The van der Waals surface area contributed by atoms with Crippen molar-refractivity contribution in [3.63, 3.8) is 0 Å². The lowest BCUT2D eigenvalue weighted by molar-refractivity contribution is 0.132. The molecule has 0 aromatic carbocycles. The van der Waals surface area contributed by atoms with E-state index >= 15 is 0 Å². The van der Waals surface area contributed by atoms with Crippen molar-refractivity contribution in [3.8, 4) is 0 Å². The van der Waals surface area contributed by atoms with Gasteiger partial charge in [-0.15, -0.1) is 0 Å². The van der Waals surface area contributed by atoms with Crippen LogP contribution in [-0.4, -0.2) is 50.3 Å².